The van der Waals surface area contributed by atoms with Crippen LogP contribution >= 0.6 is 11.6 Å². The Morgan fingerprint density at radius 3 is 2.45 bits per heavy atom. The summed E-state index contributed by atoms with van der Waals surface area (Å²) in [6.07, 6.45) is 4.32. The Labute approximate surface area is 221 Å². The molecule has 1 unspecified atom stereocenters. The van der Waals surface area contributed by atoms with E-state index >= 15 is 8.78 Å². The van der Waals surface area contributed by atoms with E-state index < -0.39 is 37.6 Å². The number of benzene rings is 1. The number of rotatable bonds is 5. The van der Waals surface area contributed by atoms with Gasteiger partial charge in [0.2, 0.25) is 0 Å². The third kappa shape index (κ3) is 4.27. The highest BCUT2D eigenvalue weighted by Gasteiger charge is 2.43. The molecule has 196 valence electrons. The number of nitrogens with zero attached hydrogens (tertiary/aromatic N) is 2. The highest BCUT2D eigenvalue weighted by molar-refractivity contribution is 7.90. The van der Waals surface area contributed by atoms with Crippen LogP contribution in [0.4, 0.5) is 8.78 Å². The lowest BCUT2D eigenvalue weighted by molar-refractivity contribution is 0.569. The Kier molecular flexibility index (Phi) is 6.35. The van der Waals surface area contributed by atoms with Crippen LogP contribution in [0.25, 0.3) is 16.9 Å². The predicted molar refractivity (Wildman–Crippen MR) is 140 cm³/mol. The predicted octanol–water partition coefficient (Wildman–Crippen LogP) is 4.81. The van der Waals surface area contributed by atoms with Gasteiger partial charge in [0.25, 0.3) is 11.1 Å². The summed E-state index contributed by atoms with van der Waals surface area (Å²) in [6, 6.07) is 8.76. The molecule has 1 aromatic carbocycles. The quantitative estimate of drug-likeness (QED) is 0.379. The maximum Gasteiger partial charge on any atom is 0.274 e. The highest BCUT2D eigenvalue weighted by Crippen LogP contribution is 2.55. The molecule has 38 heavy (non-hydrogen) atoms. The van der Waals surface area contributed by atoms with Crippen LogP contribution in [-0.2, 0) is 9.84 Å². The summed E-state index contributed by atoms with van der Waals surface area (Å²) in [5, 5.41) is -0.0992. The standard InChI is InChI=1S/C27H22ClF2N3O4S/c1-13-12-32-24(16-6-4-8-20(22(16)29)38(3,36)37)23(30)25(13)33-14(2)10-19(21(28)27(33)35)18-11-17(18)15-7-5-9-31-26(15)34/h4-10,12,17-18H,11H2,1-3H3,(H,31,34)/t17?,18-/m1/s1. The van der Waals surface area contributed by atoms with Crippen molar-refractivity contribution in [2.75, 3.05) is 6.26 Å². The van der Waals surface area contributed by atoms with Crippen LogP contribution < -0.4 is 11.1 Å². The lowest BCUT2D eigenvalue weighted by atomic mass is 10.0. The average molecular weight is 558 g/mol. The van der Waals surface area contributed by atoms with E-state index in [-0.39, 0.29) is 33.7 Å². The van der Waals surface area contributed by atoms with E-state index in [4.69, 9.17) is 11.6 Å². The molecule has 3 aromatic heterocycles. The van der Waals surface area contributed by atoms with Gasteiger partial charge in [-0.3, -0.25) is 19.1 Å². The molecule has 5 rings (SSSR count). The van der Waals surface area contributed by atoms with Crippen molar-refractivity contribution in [2.24, 2.45) is 0 Å². The Bertz CT molecular complexity index is 1850. The van der Waals surface area contributed by atoms with Gasteiger partial charge < -0.3 is 4.98 Å². The molecule has 0 aliphatic heterocycles. The Hall–Kier alpha value is -3.63. The van der Waals surface area contributed by atoms with Crippen LogP contribution in [0.1, 0.15) is 40.6 Å². The van der Waals surface area contributed by atoms with Crippen LogP contribution in [0.3, 0.4) is 0 Å². The van der Waals surface area contributed by atoms with E-state index in [1.54, 1.807) is 38.2 Å². The normalized spacial score (nSPS) is 17.0. The molecule has 0 amide bonds. The largest absolute Gasteiger partial charge is 0.329 e. The summed E-state index contributed by atoms with van der Waals surface area (Å²) in [5.74, 6) is -2.37. The minimum Gasteiger partial charge on any atom is -0.329 e. The highest BCUT2D eigenvalue weighted by atomic mass is 35.5. The monoisotopic (exact) mass is 557 g/mol. The van der Waals surface area contributed by atoms with E-state index in [0.29, 0.717) is 28.8 Å². The molecule has 0 radical (unpaired) electrons. The van der Waals surface area contributed by atoms with Crippen molar-refractivity contribution < 1.29 is 17.2 Å². The number of pyridine rings is 3. The van der Waals surface area contributed by atoms with E-state index in [0.717, 1.165) is 16.9 Å². The van der Waals surface area contributed by atoms with Crippen LogP contribution in [0.5, 0.6) is 0 Å². The molecule has 11 heteroatoms. The second kappa shape index (κ2) is 9.28. The number of hydrogen-bond donors (Lipinski definition) is 1. The first-order chi connectivity index (χ1) is 17.9. The zero-order chi connectivity index (χ0) is 27.5. The fourth-order valence-corrected chi connectivity index (χ4v) is 5.94. The van der Waals surface area contributed by atoms with Gasteiger partial charge in [-0.1, -0.05) is 23.7 Å². The van der Waals surface area contributed by atoms with Gasteiger partial charge in [0.05, 0.1) is 5.69 Å². The van der Waals surface area contributed by atoms with Gasteiger partial charge in [0.15, 0.2) is 21.5 Å². The molecule has 0 bridgehead atoms. The van der Waals surface area contributed by atoms with Gasteiger partial charge in [-0.15, -0.1) is 0 Å². The molecule has 0 spiro atoms. The van der Waals surface area contributed by atoms with Crippen molar-refractivity contribution in [3.8, 4) is 16.9 Å². The van der Waals surface area contributed by atoms with Gasteiger partial charge in [0.1, 0.15) is 15.6 Å². The molecular formula is C27H22ClF2N3O4S. The van der Waals surface area contributed by atoms with Crippen LogP contribution in [0.2, 0.25) is 5.02 Å². The first kappa shape index (κ1) is 26.0. The number of aromatic amines is 1. The van der Waals surface area contributed by atoms with E-state index in [9.17, 15) is 18.0 Å². The van der Waals surface area contributed by atoms with E-state index in [1.807, 2.05) is 0 Å². The number of H-pyrrole nitrogens is 1. The van der Waals surface area contributed by atoms with Crippen LogP contribution in [0.15, 0.2) is 63.3 Å². The summed E-state index contributed by atoms with van der Waals surface area (Å²) in [4.78, 5) is 31.8. The lowest BCUT2D eigenvalue weighted by Crippen LogP contribution is -2.24. The maximum absolute atomic E-state index is 16.0. The third-order valence-corrected chi connectivity index (χ3v) is 8.31. The molecular weight excluding hydrogens is 536 g/mol. The SMILES string of the molecule is Cc1cnc(-c2cccc(S(C)(=O)=O)c2F)c(F)c1-n1c(C)cc([C@@H]2CC2c2ccc[nH]c2=O)c(Cl)c1=O. The van der Waals surface area contributed by atoms with Gasteiger partial charge in [-0.05, 0) is 67.5 Å². The second-order valence-electron chi connectivity index (χ2n) is 9.44. The summed E-state index contributed by atoms with van der Waals surface area (Å²) < 4.78 is 56.2. The maximum atomic E-state index is 16.0. The second-order valence-corrected chi connectivity index (χ2v) is 11.8. The van der Waals surface area contributed by atoms with E-state index in [2.05, 4.69) is 9.97 Å². The number of hydrogen-bond acceptors (Lipinski definition) is 5. The fourth-order valence-electron chi connectivity index (χ4n) is 4.90. The molecule has 2 atom stereocenters. The molecule has 1 N–H and O–H groups in total. The summed E-state index contributed by atoms with van der Waals surface area (Å²) >= 11 is 6.52. The first-order valence-corrected chi connectivity index (χ1v) is 13.9. The molecule has 1 saturated carbocycles. The molecule has 1 aliphatic carbocycles. The molecule has 3 heterocycles. The van der Waals surface area contributed by atoms with Crippen LogP contribution in [0, 0.1) is 25.5 Å². The molecule has 7 nitrogen and oxygen atoms in total. The minimum absolute atomic E-state index is 0.0943. The lowest BCUT2D eigenvalue weighted by Gasteiger charge is -2.18. The van der Waals surface area contributed by atoms with Gasteiger partial charge in [-0.2, -0.15) is 0 Å². The van der Waals surface area contributed by atoms with Crippen molar-refractivity contribution >= 4 is 21.4 Å². The van der Waals surface area contributed by atoms with Gasteiger partial charge in [-0.25, -0.2) is 17.2 Å². The summed E-state index contributed by atoms with van der Waals surface area (Å²) in [6.45, 7) is 3.17. The first-order valence-electron chi connectivity index (χ1n) is 11.7. The molecule has 1 fully saturated rings. The number of aromatic nitrogens is 3. The van der Waals surface area contributed by atoms with Crippen LogP contribution in [-0.4, -0.2) is 29.2 Å². The zero-order valence-electron chi connectivity index (χ0n) is 20.6. The number of sulfone groups is 1. The smallest absolute Gasteiger partial charge is 0.274 e. The van der Waals surface area contributed by atoms with Crippen molar-refractivity contribution in [3.05, 3.63) is 109 Å². The van der Waals surface area contributed by atoms with Gasteiger partial charge >= 0.3 is 0 Å². The minimum atomic E-state index is -3.92. The Balaban J connectivity index is 1.64. The summed E-state index contributed by atoms with van der Waals surface area (Å²) in [7, 11) is -3.92. The zero-order valence-corrected chi connectivity index (χ0v) is 22.1. The Morgan fingerprint density at radius 1 is 1.05 bits per heavy atom. The Morgan fingerprint density at radius 2 is 1.76 bits per heavy atom. The van der Waals surface area contributed by atoms with Crippen molar-refractivity contribution in [3.63, 3.8) is 0 Å². The number of halogens is 3. The van der Waals surface area contributed by atoms with E-state index in [1.165, 1.54) is 18.3 Å². The summed E-state index contributed by atoms with van der Waals surface area (Å²) in [5.41, 5.74) is 0.0229. The molecule has 0 saturated heterocycles. The van der Waals surface area contributed by atoms with Crippen molar-refractivity contribution in [1.29, 1.82) is 0 Å². The third-order valence-electron chi connectivity index (χ3n) is 6.82. The topological polar surface area (TPSA) is 102 Å². The number of nitrogens with one attached hydrogen (secondary N) is 1. The fraction of sp³-hybridized carbons (Fsp3) is 0.222. The van der Waals surface area contributed by atoms with Crippen molar-refractivity contribution in [2.45, 2.75) is 37.0 Å². The van der Waals surface area contributed by atoms with Crippen molar-refractivity contribution in [1.82, 2.24) is 14.5 Å². The average Bonchev–Trinajstić information content (AvgIpc) is 3.64. The molecule has 4 aromatic rings. The van der Waals surface area contributed by atoms with Gasteiger partial charge in [0, 0.05) is 35.5 Å². The number of aryl methyl sites for hydroxylation is 2. The molecule has 1 aliphatic rings.